The van der Waals surface area contributed by atoms with Crippen molar-refractivity contribution in [3.63, 3.8) is 0 Å². The van der Waals surface area contributed by atoms with Crippen LogP contribution < -0.4 is 5.32 Å². The Hall–Kier alpha value is -3.10. The molecule has 0 aliphatic carbocycles. The van der Waals surface area contributed by atoms with Gasteiger partial charge in [0.1, 0.15) is 0 Å². The van der Waals surface area contributed by atoms with Gasteiger partial charge in [-0.3, -0.25) is 4.79 Å². The van der Waals surface area contributed by atoms with Gasteiger partial charge in [0.15, 0.2) is 0 Å². The van der Waals surface area contributed by atoms with E-state index in [4.69, 9.17) is 11.6 Å². The van der Waals surface area contributed by atoms with Gasteiger partial charge in [-0.15, -0.1) is 0 Å². The van der Waals surface area contributed by atoms with Gasteiger partial charge in [-0.1, -0.05) is 23.6 Å². The molecule has 1 aliphatic rings. The summed E-state index contributed by atoms with van der Waals surface area (Å²) in [5, 5.41) is 3.50. The van der Waals surface area contributed by atoms with E-state index in [1.807, 2.05) is 35.9 Å². The smallest absolute Gasteiger partial charge is 0.253 e. The van der Waals surface area contributed by atoms with Crippen molar-refractivity contribution in [1.82, 2.24) is 19.9 Å². The minimum Gasteiger partial charge on any atom is -0.352 e. The zero-order valence-corrected chi connectivity index (χ0v) is 14.8. The van der Waals surface area contributed by atoms with Crippen LogP contribution in [0.2, 0.25) is 5.02 Å². The van der Waals surface area contributed by atoms with E-state index in [9.17, 15) is 4.79 Å². The summed E-state index contributed by atoms with van der Waals surface area (Å²) in [6.07, 6.45) is 2.49. The first-order valence-corrected chi connectivity index (χ1v) is 8.57. The topological polar surface area (TPSA) is 59.8 Å². The van der Waals surface area contributed by atoms with E-state index >= 15 is 0 Å². The van der Waals surface area contributed by atoms with Crippen molar-refractivity contribution in [2.45, 2.75) is 6.42 Å². The van der Waals surface area contributed by atoms with Crippen LogP contribution >= 0.6 is 11.6 Å². The second-order valence-electron chi connectivity index (χ2n) is 5.98. The Labute approximate surface area is 156 Å². The van der Waals surface area contributed by atoms with Gasteiger partial charge in [0.25, 0.3) is 5.91 Å². The molecule has 0 bridgehead atoms. The number of nitrogens with one attached hydrogen (secondary N) is 1. The molecule has 0 spiro atoms. The van der Waals surface area contributed by atoms with E-state index in [1.54, 1.807) is 18.3 Å². The molecular weight excluding hydrogens is 348 g/mol. The molecule has 5 nitrogen and oxygen atoms in total. The number of aromatic nitrogens is 3. The van der Waals surface area contributed by atoms with Gasteiger partial charge in [0, 0.05) is 42.5 Å². The molecule has 6 heteroatoms. The molecule has 0 saturated carbocycles. The van der Waals surface area contributed by atoms with Crippen molar-refractivity contribution in [3.8, 4) is 23.2 Å². The average Bonchev–Trinajstić information content (AvgIpc) is 2.99. The summed E-state index contributed by atoms with van der Waals surface area (Å²) < 4.78 is 2.02. The number of carbonyl (C=O) groups is 1. The maximum atomic E-state index is 12.0. The van der Waals surface area contributed by atoms with Crippen LogP contribution in [0.25, 0.3) is 11.4 Å². The number of rotatable bonds is 1. The van der Waals surface area contributed by atoms with Crippen LogP contribution in [0.1, 0.15) is 27.4 Å². The van der Waals surface area contributed by atoms with Gasteiger partial charge in [-0.05, 0) is 36.3 Å². The molecule has 4 rings (SSSR count). The van der Waals surface area contributed by atoms with Crippen LogP contribution in [-0.2, 0) is 13.5 Å². The maximum absolute atomic E-state index is 12.0. The Bertz CT molecular complexity index is 1070. The van der Waals surface area contributed by atoms with E-state index in [1.165, 1.54) is 0 Å². The minimum atomic E-state index is -0.0388. The van der Waals surface area contributed by atoms with Crippen molar-refractivity contribution in [3.05, 3.63) is 70.3 Å². The number of hydrogen-bond acceptors (Lipinski definition) is 3. The SMILES string of the molecule is Cn1c(-c2ccnc(C#Cc3cccc(Cl)c3)n2)cc2c1CCNC2=O. The standard InChI is InChI=1S/C20H15ClN4O/c1-25-17-8-10-23-20(26)15(17)12-18(25)16-7-9-22-19(24-16)6-5-13-3-2-4-14(21)11-13/h2-4,7,9,11-12H,8,10H2,1H3,(H,23,26). The average molecular weight is 363 g/mol. The Balaban J connectivity index is 1.70. The van der Waals surface area contributed by atoms with Crippen LogP contribution in [0.3, 0.4) is 0 Å². The monoisotopic (exact) mass is 362 g/mol. The van der Waals surface area contributed by atoms with Crippen LogP contribution in [0.15, 0.2) is 42.6 Å². The first-order chi connectivity index (χ1) is 12.6. The second kappa shape index (κ2) is 6.66. The van der Waals surface area contributed by atoms with Gasteiger partial charge in [0.2, 0.25) is 5.82 Å². The maximum Gasteiger partial charge on any atom is 0.253 e. The highest BCUT2D eigenvalue weighted by atomic mass is 35.5. The number of halogens is 1. The third-order valence-corrected chi connectivity index (χ3v) is 4.55. The molecule has 128 valence electrons. The summed E-state index contributed by atoms with van der Waals surface area (Å²) >= 11 is 5.98. The zero-order chi connectivity index (χ0) is 18.1. The molecule has 1 N–H and O–H groups in total. The molecule has 3 aromatic rings. The lowest BCUT2D eigenvalue weighted by Gasteiger charge is -2.14. The summed E-state index contributed by atoms with van der Waals surface area (Å²) in [5.41, 5.74) is 4.14. The van der Waals surface area contributed by atoms with Crippen LogP contribution in [-0.4, -0.2) is 27.0 Å². The fraction of sp³-hybridized carbons (Fsp3) is 0.150. The molecule has 1 aromatic carbocycles. The van der Waals surface area contributed by atoms with Crippen molar-refractivity contribution in [2.24, 2.45) is 7.05 Å². The minimum absolute atomic E-state index is 0.0388. The highest BCUT2D eigenvalue weighted by molar-refractivity contribution is 6.30. The molecule has 1 amide bonds. The van der Waals surface area contributed by atoms with E-state index in [-0.39, 0.29) is 5.91 Å². The molecule has 26 heavy (non-hydrogen) atoms. The lowest BCUT2D eigenvalue weighted by molar-refractivity contribution is 0.0945. The first kappa shape index (κ1) is 16.4. The highest BCUT2D eigenvalue weighted by Crippen LogP contribution is 2.25. The Kier molecular flexibility index (Phi) is 4.19. The zero-order valence-electron chi connectivity index (χ0n) is 14.1. The van der Waals surface area contributed by atoms with Gasteiger partial charge >= 0.3 is 0 Å². The third-order valence-electron chi connectivity index (χ3n) is 4.31. The van der Waals surface area contributed by atoms with Crippen molar-refractivity contribution >= 4 is 17.5 Å². The molecule has 3 heterocycles. The van der Waals surface area contributed by atoms with Gasteiger partial charge in [-0.25, -0.2) is 9.97 Å². The summed E-state index contributed by atoms with van der Waals surface area (Å²) in [4.78, 5) is 20.8. The molecule has 2 aromatic heterocycles. The molecule has 0 saturated heterocycles. The van der Waals surface area contributed by atoms with Gasteiger partial charge in [-0.2, -0.15) is 0 Å². The highest BCUT2D eigenvalue weighted by Gasteiger charge is 2.23. The number of benzene rings is 1. The predicted molar refractivity (Wildman–Crippen MR) is 99.9 cm³/mol. The van der Waals surface area contributed by atoms with Crippen molar-refractivity contribution in [1.29, 1.82) is 0 Å². The Morgan fingerprint density at radius 1 is 1.23 bits per heavy atom. The van der Waals surface area contributed by atoms with Crippen molar-refractivity contribution in [2.75, 3.05) is 6.54 Å². The van der Waals surface area contributed by atoms with E-state index in [2.05, 4.69) is 27.1 Å². The fourth-order valence-electron chi connectivity index (χ4n) is 3.03. The number of carbonyl (C=O) groups excluding carboxylic acids is 1. The lowest BCUT2D eigenvalue weighted by atomic mass is 10.1. The summed E-state index contributed by atoms with van der Waals surface area (Å²) in [6.45, 7) is 0.656. The van der Waals surface area contributed by atoms with Gasteiger partial charge < -0.3 is 9.88 Å². The van der Waals surface area contributed by atoms with Crippen LogP contribution in [0, 0.1) is 11.8 Å². The van der Waals surface area contributed by atoms with E-state index in [0.717, 1.165) is 29.1 Å². The summed E-state index contributed by atoms with van der Waals surface area (Å²) in [6, 6.07) is 11.0. The molecular formula is C20H15ClN4O. The third kappa shape index (κ3) is 3.07. The Morgan fingerprint density at radius 3 is 2.92 bits per heavy atom. The van der Waals surface area contributed by atoms with Crippen LogP contribution in [0.5, 0.6) is 0 Å². The lowest BCUT2D eigenvalue weighted by Crippen LogP contribution is -2.31. The normalized spacial score (nSPS) is 12.8. The number of amides is 1. The summed E-state index contributed by atoms with van der Waals surface area (Å²) in [7, 11) is 1.95. The van der Waals surface area contributed by atoms with E-state index < -0.39 is 0 Å². The van der Waals surface area contributed by atoms with Gasteiger partial charge in [0.05, 0.1) is 17.0 Å². The number of fused-ring (bicyclic) bond motifs is 1. The Morgan fingerprint density at radius 2 is 2.12 bits per heavy atom. The molecule has 1 aliphatic heterocycles. The molecule has 0 unspecified atom stereocenters. The second-order valence-corrected chi connectivity index (χ2v) is 6.42. The van der Waals surface area contributed by atoms with Crippen molar-refractivity contribution < 1.29 is 4.79 Å². The number of nitrogens with zero attached hydrogens (tertiary/aromatic N) is 3. The largest absolute Gasteiger partial charge is 0.352 e. The molecule has 0 fully saturated rings. The van der Waals surface area contributed by atoms with Crippen LogP contribution in [0.4, 0.5) is 0 Å². The molecule has 0 radical (unpaired) electrons. The first-order valence-electron chi connectivity index (χ1n) is 8.19. The fourth-order valence-corrected chi connectivity index (χ4v) is 3.22. The number of hydrogen-bond donors (Lipinski definition) is 1. The van der Waals surface area contributed by atoms with E-state index in [0.29, 0.717) is 23.0 Å². The predicted octanol–water partition coefficient (Wildman–Crippen LogP) is 2.82. The summed E-state index contributed by atoms with van der Waals surface area (Å²) in [5.74, 6) is 6.37. The molecule has 0 atom stereocenters. The quantitative estimate of drug-likeness (QED) is 0.677.